The van der Waals surface area contributed by atoms with Gasteiger partial charge in [-0.1, -0.05) is 35.6 Å². The van der Waals surface area contributed by atoms with Crippen molar-refractivity contribution in [3.8, 4) is 11.8 Å². The van der Waals surface area contributed by atoms with Crippen LogP contribution in [0.25, 0.3) is 0 Å². The maximum Gasteiger partial charge on any atom is 0.413 e. The topological polar surface area (TPSA) is 48.0 Å². The highest BCUT2D eigenvalue weighted by molar-refractivity contribution is 6.30. The normalized spacial score (nSPS) is 20.3. The van der Waals surface area contributed by atoms with Crippen molar-refractivity contribution < 1.29 is 19.0 Å². The van der Waals surface area contributed by atoms with Crippen LogP contribution in [0.2, 0.25) is 5.02 Å². The zero-order chi connectivity index (χ0) is 19.5. The monoisotopic (exact) mass is 379 g/mol. The molecule has 0 aromatic heterocycles. The Bertz CT molecular complexity index is 697. The van der Waals surface area contributed by atoms with E-state index in [0.29, 0.717) is 11.6 Å². The van der Waals surface area contributed by atoms with Crippen LogP contribution in [0.4, 0.5) is 4.79 Å². The van der Waals surface area contributed by atoms with E-state index < -0.39 is 29.6 Å². The minimum atomic E-state index is -0.787. The van der Waals surface area contributed by atoms with Crippen LogP contribution in [-0.2, 0) is 14.2 Å². The van der Waals surface area contributed by atoms with Gasteiger partial charge in [0, 0.05) is 12.1 Å². The zero-order valence-corrected chi connectivity index (χ0v) is 16.9. The minimum absolute atomic E-state index is 0.316. The minimum Gasteiger partial charge on any atom is -0.444 e. The van der Waals surface area contributed by atoms with Crippen molar-refractivity contribution in [2.45, 2.75) is 58.1 Å². The quantitative estimate of drug-likeness (QED) is 0.714. The Hall–Kier alpha value is -1.74. The highest BCUT2D eigenvalue weighted by Gasteiger charge is 2.45. The first-order chi connectivity index (χ1) is 12.0. The van der Waals surface area contributed by atoms with E-state index in [0.717, 1.165) is 5.56 Å². The van der Waals surface area contributed by atoms with Gasteiger partial charge in [0.05, 0.1) is 6.61 Å². The molecule has 1 amide bonds. The first kappa shape index (κ1) is 20.6. The third-order valence-electron chi connectivity index (χ3n) is 3.87. The number of benzene rings is 1. The second-order valence-electron chi connectivity index (χ2n) is 7.58. The fraction of sp³-hybridized carbons (Fsp3) is 0.550. The number of amides is 1. The third-order valence-corrected chi connectivity index (χ3v) is 4.12. The second kappa shape index (κ2) is 7.87. The summed E-state index contributed by atoms with van der Waals surface area (Å²) in [6.07, 6.45) is -0.865. The molecular formula is C20H26ClNO4. The number of carbonyl (C=O) groups excluding carboxylic acids is 1. The van der Waals surface area contributed by atoms with Crippen molar-refractivity contribution in [3.05, 3.63) is 34.9 Å². The summed E-state index contributed by atoms with van der Waals surface area (Å²) in [5.41, 5.74) is -0.484. The molecule has 1 aromatic rings. The van der Waals surface area contributed by atoms with Crippen molar-refractivity contribution in [3.63, 3.8) is 0 Å². The maximum atomic E-state index is 12.6. The van der Waals surface area contributed by atoms with E-state index in [1.165, 1.54) is 0 Å². The van der Waals surface area contributed by atoms with Gasteiger partial charge in [-0.2, -0.15) is 0 Å². The van der Waals surface area contributed by atoms with Crippen molar-refractivity contribution in [1.29, 1.82) is 0 Å². The van der Waals surface area contributed by atoms with Crippen molar-refractivity contribution in [1.82, 2.24) is 4.90 Å². The van der Waals surface area contributed by atoms with Crippen LogP contribution in [-0.4, -0.2) is 42.1 Å². The number of ether oxygens (including phenoxy) is 3. The Morgan fingerprint density at radius 3 is 2.50 bits per heavy atom. The zero-order valence-electron chi connectivity index (χ0n) is 16.1. The number of rotatable bonds is 2. The van der Waals surface area contributed by atoms with Crippen LogP contribution in [0, 0.1) is 11.8 Å². The first-order valence-electron chi connectivity index (χ1n) is 8.49. The van der Waals surface area contributed by atoms with Crippen LogP contribution in [0.5, 0.6) is 0 Å². The van der Waals surface area contributed by atoms with Gasteiger partial charge in [-0.3, -0.25) is 4.90 Å². The molecule has 0 aliphatic carbocycles. The Labute approximate surface area is 160 Å². The van der Waals surface area contributed by atoms with Gasteiger partial charge >= 0.3 is 6.09 Å². The van der Waals surface area contributed by atoms with Gasteiger partial charge in [0.25, 0.3) is 0 Å². The molecule has 1 aliphatic heterocycles. The predicted molar refractivity (Wildman–Crippen MR) is 101 cm³/mol. The maximum absolute atomic E-state index is 12.6. The van der Waals surface area contributed by atoms with Gasteiger partial charge in [0.2, 0.25) is 0 Å². The molecule has 142 valence electrons. The van der Waals surface area contributed by atoms with E-state index in [-0.39, 0.29) is 0 Å². The highest BCUT2D eigenvalue weighted by atomic mass is 35.5. The second-order valence-corrected chi connectivity index (χ2v) is 8.02. The summed E-state index contributed by atoms with van der Waals surface area (Å²) in [5.74, 6) is 6.20. The molecule has 5 nitrogen and oxygen atoms in total. The average molecular weight is 380 g/mol. The number of hydrogen-bond donors (Lipinski definition) is 0. The van der Waals surface area contributed by atoms with Crippen molar-refractivity contribution in [2.75, 3.05) is 13.7 Å². The smallest absolute Gasteiger partial charge is 0.413 e. The number of halogens is 1. The van der Waals surface area contributed by atoms with E-state index in [4.69, 9.17) is 25.8 Å². The van der Waals surface area contributed by atoms with Gasteiger partial charge < -0.3 is 14.2 Å². The number of carbonyl (C=O) groups is 1. The molecule has 0 bridgehead atoms. The number of methoxy groups -OCH3 is 1. The first-order valence-corrected chi connectivity index (χ1v) is 8.87. The summed E-state index contributed by atoms with van der Waals surface area (Å²) in [6, 6.07) is 6.90. The van der Waals surface area contributed by atoms with E-state index in [2.05, 4.69) is 11.8 Å². The van der Waals surface area contributed by atoms with Crippen molar-refractivity contribution in [2.24, 2.45) is 0 Å². The lowest BCUT2D eigenvalue weighted by molar-refractivity contribution is -0.0608. The molecule has 0 N–H and O–H groups in total. The van der Waals surface area contributed by atoms with E-state index >= 15 is 0 Å². The molecule has 1 unspecified atom stereocenters. The average Bonchev–Trinajstić information content (AvgIpc) is 2.82. The molecule has 1 heterocycles. The molecule has 0 spiro atoms. The van der Waals surface area contributed by atoms with Crippen LogP contribution >= 0.6 is 11.6 Å². The molecule has 1 aromatic carbocycles. The molecular weight excluding hydrogens is 354 g/mol. The van der Waals surface area contributed by atoms with Gasteiger partial charge in [0.15, 0.2) is 0 Å². The molecule has 6 heteroatoms. The summed E-state index contributed by atoms with van der Waals surface area (Å²) in [5, 5.41) is 0.651. The molecule has 2 rings (SSSR count). The fourth-order valence-electron chi connectivity index (χ4n) is 2.65. The van der Waals surface area contributed by atoms with Crippen LogP contribution in [0.1, 0.15) is 46.3 Å². The molecule has 2 atom stereocenters. The predicted octanol–water partition coefficient (Wildman–Crippen LogP) is 4.40. The largest absolute Gasteiger partial charge is 0.444 e. The highest BCUT2D eigenvalue weighted by Crippen LogP contribution is 2.29. The fourth-order valence-corrected chi connectivity index (χ4v) is 2.78. The van der Waals surface area contributed by atoms with Crippen LogP contribution in [0.15, 0.2) is 24.3 Å². The number of hydrogen-bond acceptors (Lipinski definition) is 4. The third kappa shape index (κ3) is 5.14. The Morgan fingerprint density at radius 1 is 1.35 bits per heavy atom. The van der Waals surface area contributed by atoms with Gasteiger partial charge in [-0.05, 0) is 52.3 Å². The van der Waals surface area contributed by atoms with Crippen LogP contribution < -0.4 is 0 Å². The Balaban J connectivity index is 2.22. The van der Waals surface area contributed by atoms with Gasteiger partial charge in [-0.25, -0.2) is 4.79 Å². The van der Waals surface area contributed by atoms with Gasteiger partial charge in [0.1, 0.15) is 23.5 Å². The molecule has 1 saturated heterocycles. The SMILES string of the molecule is CO[C@H](C#CC1COC(C)(C)N1C(=O)OC(C)(C)C)c1ccc(Cl)cc1. The summed E-state index contributed by atoms with van der Waals surface area (Å²) in [6.45, 7) is 9.46. The summed E-state index contributed by atoms with van der Waals surface area (Å²) >= 11 is 5.93. The van der Waals surface area contributed by atoms with E-state index in [1.54, 1.807) is 24.1 Å². The lowest BCUT2D eigenvalue weighted by Gasteiger charge is -2.33. The van der Waals surface area contributed by atoms with Crippen LogP contribution in [0.3, 0.4) is 0 Å². The van der Waals surface area contributed by atoms with Gasteiger partial charge in [-0.15, -0.1) is 0 Å². The van der Waals surface area contributed by atoms with Crippen molar-refractivity contribution >= 4 is 17.7 Å². The molecule has 0 saturated carbocycles. The lowest BCUT2D eigenvalue weighted by Crippen LogP contribution is -2.49. The Morgan fingerprint density at radius 2 is 1.96 bits per heavy atom. The Kier molecular flexibility index (Phi) is 6.23. The van der Waals surface area contributed by atoms with E-state index in [1.807, 2.05) is 46.8 Å². The molecule has 1 aliphatic rings. The summed E-state index contributed by atoms with van der Waals surface area (Å²) in [7, 11) is 1.59. The molecule has 26 heavy (non-hydrogen) atoms. The summed E-state index contributed by atoms with van der Waals surface area (Å²) < 4.78 is 16.7. The summed E-state index contributed by atoms with van der Waals surface area (Å²) in [4.78, 5) is 14.2. The molecule has 1 fully saturated rings. The lowest BCUT2D eigenvalue weighted by atomic mass is 10.1. The number of nitrogens with zero attached hydrogens (tertiary/aromatic N) is 1. The molecule has 0 radical (unpaired) electrons. The van der Waals surface area contributed by atoms with E-state index in [9.17, 15) is 4.79 Å². The standard InChI is InChI=1S/C20H26ClNO4/c1-19(2,3)26-18(23)22-16(13-25-20(22,4)5)11-12-17(24-6)14-7-9-15(21)10-8-14/h7-10,16-17H,13H2,1-6H3/t16?,17-/m1/s1.